The molecule has 0 fully saturated rings. The predicted octanol–water partition coefficient (Wildman–Crippen LogP) is -0.00501. The summed E-state index contributed by atoms with van der Waals surface area (Å²) in [6.45, 7) is 0. The van der Waals surface area contributed by atoms with Crippen molar-refractivity contribution in [3.05, 3.63) is 18.7 Å². The number of nitrogens with zero attached hydrogens (tertiary/aromatic N) is 3. The second kappa shape index (κ2) is 1.94. The summed E-state index contributed by atoms with van der Waals surface area (Å²) in [6.07, 6.45) is 5.77. The fraction of sp³-hybridized carbons (Fsp3) is 0. The summed E-state index contributed by atoms with van der Waals surface area (Å²) in [6, 6.07) is 0. The van der Waals surface area contributed by atoms with E-state index in [1.165, 1.54) is 0 Å². The smallest absolute Gasteiger partial charge is 0.221 e. The summed E-state index contributed by atoms with van der Waals surface area (Å²) < 4.78 is 0. The van der Waals surface area contributed by atoms with Gasteiger partial charge in [-0.2, -0.15) is 0 Å². The number of aromatic nitrogens is 5. The molecule has 49 valence electrons. The van der Waals surface area contributed by atoms with Crippen molar-refractivity contribution in [3.8, 4) is 11.6 Å². The van der Waals surface area contributed by atoms with Crippen LogP contribution < -0.4 is 0 Å². The van der Waals surface area contributed by atoms with E-state index in [-0.39, 0.29) is 0 Å². The van der Waals surface area contributed by atoms with Crippen molar-refractivity contribution in [1.29, 1.82) is 0 Å². The number of nitrogens with one attached hydrogen (secondary N) is 2. The minimum atomic E-state index is 0.602. The number of rotatable bonds is 1. The van der Waals surface area contributed by atoms with Gasteiger partial charge < -0.3 is 4.98 Å². The first-order valence-corrected chi connectivity index (χ1v) is 2.75. The lowest BCUT2D eigenvalue weighted by atomic mass is 10.6. The number of H-pyrrole nitrogens is 2. The van der Waals surface area contributed by atoms with Gasteiger partial charge in [-0.15, -0.1) is 5.10 Å². The van der Waals surface area contributed by atoms with Gasteiger partial charge in [-0.25, -0.2) is 9.97 Å². The molecular formula is C5H4N5. The third-order valence-corrected chi connectivity index (χ3v) is 1.10. The highest BCUT2D eigenvalue weighted by Crippen LogP contribution is 2.03. The highest BCUT2D eigenvalue weighted by molar-refractivity contribution is 5.40. The Morgan fingerprint density at radius 2 is 2.40 bits per heavy atom. The quantitative estimate of drug-likeness (QED) is 0.576. The number of hydrogen-bond donors (Lipinski definition) is 2. The molecule has 0 saturated carbocycles. The van der Waals surface area contributed by atoms with E-state index in [9.17, 15) is 0 Å². The largest absolute Gasteiger partial charge is 0.342 e. The van der Waals surface area contributed by atoms with Gasteiger partial charge >= 0.3 is 0 Å². The average molecular weight is 134 g/mol. The summed E-state index contributed by atoms with van der Waals surface area (Å²) >= 11 is 0. The SMILES string of the molecule is [c]1n[nH]c(-c2ncc[nH]2)n1. The molecule has 10 heavy (non-hydrogen) atoms. The Hall–Kier alpha value is -1.65. The Balaban J connectivity index is 2.48. The molecule has 2 heterocycles. The first-order chi connectivity index (χ1) is 4.97. The second-order valence-electron chi connectivity index (χ2n) is 1.72. The molecule has 0 bridgehead atoms. The molecule has 2 aromatic heterocycles. The van der Waals surface area contributed by atoms with Crippen LogP contribution in [0.15, 0.2) is 12.4 Å². The van der Waals surface area contributed by atoms with Gasteiger partial charge in [0.1, 0.15) is 0 Å². The van der Waals surface area contributed by atoms with Crippen molar-refractivity contribution in [3.63, 3.8) is 0 Å². The standard InChI is InChI=1S/C5H4N5/c1-2-7-4(6-1)5-8-3-9-10-5/h1-2H,(H,6,7)(H,8,9,10). The van der Waals surface area contributed by atoms with Crippen molar-refractivity contribution in [1.82, 2.24) is 25.1 Å². The molecule has 1 radical (unpaired) electrons. The van der Waals surface area contributed by atoms with E-state index in [1.54, 1.807) is 12.4 Å². The zero-order chi connectivity index (χ0) is 6.81. The van der Waals surface area contributed by atoms with Crippen molar-refractivity contribution < 1.29 is 0 Å². The van der Waals surface area contributed by atoms with Crippen LogP contribution in [0, 0.1) is 6.33 Å². The van der Waals surface area contributed by atoms with Crippen LogP contribution in [0.4, 0.5) is 0 Å². The highest BCUT2D eigenvalue weighted by atomic mass is 15.2. The van der Waals surface area contributed by atoms with Gasteiger partial charge in [-0.3, -0.25) is 5.10 Å². The molecule has 0 spiro atoms. The zero-order valence-corrected chi connectivity index (χ0v) is 5.00. The van der Waals surface area contributed by atoms with Crippen LogP contribution in [-0.2, 0) is 0 Å². The lowest BCUT2D eigenvalue weighted by Crippen LogP contribution is -1.81. The lowest BCUT2D eigenvalue weighted by molar-refractivity contribution is 1.07. The molecule has 0 aliphatic rings. The fourth-order valence-corrected chi connectivity index (χ4v) is 0.679. The van der Waals surface area contributed by atoms with Crippen molar-refractivity contribution in [2.75, 3.05) is 0 Å². The predicted molar refractivity (Wildman–Crippen MR) is 32.8 cm³/mol. The van der Waals surface area contributed by atoms with Crippen LogP contribution in [0.3, 0.4) is 0 Å². The molecule has 0 amide bonds. The third-order valence-electron chi connectivity index (χ3n) is 1.10. The van der Waals surface area contributed by atoms with Gasteiger partial charge in [0.05, 0.1) is 0 Å². The molecule has 5 nitrogen and oxygen atoms in total. The summed E-state index contributed by atoms with van der Waals surface area (Å²) in [5, 5.41) is 6.19. The van der Waals surface area contributed by atoms with Crippen LogP contribution in [-0.4, -0.2) is 25.1 Å². The van der Waals surface area contributed by atoms with Crippen LogP contribution in [0.2, 0.25) is 0 Å². The number of imidazole rings is 1. The molecule has 0 aromatic carbocycles. The molecule has 2 rings (SSSR count). The molecular weight excluding hydrogens is 130 g/mol. The minimum absolute atomic E-state index is 0.602. The first kappa shape index (κ1) is 5.16. The Kier molecular flexibility index (Phi) is 1.00. The summed E-state index contributed by atoms with van der Waals surface area (Å²) in [5.41, 5.74) is 0. The van der Waals surface area contributed by atoms with E-state index in [4.69, 9.17) is 0 Å². The average Bonchev–Trinajstić information content (AvgIpc) is 2.59. The maximum Gasteiger partial charge on any atom is 0.221 e. The molecule has 0 unspecified atom stereocenters. The fourth-order valence-electron chi connectivity index (χ4n) is 0.679. The first-order valence-electron chi connectivity index (χ1n) is 2.75. The van der Waals surface area contributed by atoms with Gasteiger partial charge in [0.2, 0.25) is 6.33 Å². The third kappa shape index (κ3) is 0.680. The maximum absolute atomic E-state index is 3.95. The second-order valence-corrected chi connectivity index (χ2v) is 1.72. The summed E-state index contributed by atoms with van der Waals surface area (Å²) in [7, 11) is 0. The van der Waals surface area contributed by atoms with Crippen molar-refractivity contribution in [2.24, 2.45) is 0 Å². The molecule has 5 heteroatoms. The van der Waals surface area contributed by atoms with Crippen molar-refractivity contribution >= 4 is 0 Å². The van der Waals surface area contributed by atoms with Crippen molar-refractivity contribution in [2.45, 2.75) is 0 Å². The minimum Gasteiger partial charge on any atom is -0.342 e. The van der Waals surface area contributed by atoms with E-state index in [0.29, 0.717) is 11.6 Å². The van der Waals surface area contributed by atoms with Gasteiger partial charge in [-0.1, -0.05) is 0 Å². The molecule has 0 saturated heterocycles. The van der Waals surface area contributed by atoms with Crippen LogP contribution in [0.1, 0.15) is 0 Å². The lowest BCUT2D eigenvalue weighted by Gasteiger charge is -1.83. The Labute approximate surface area is 56.5 Å². The molecule has 0 atom stereocenters. The van der Waals surface area contributed by atoms with Gasteiger partial charge in [0, 0.05) is 12.4 Å². The van der Waals surface area contributed by atoms with Gasteiger partial charge in [0.15, 0.2) is 11.6 Å². The Bertz CT molecular complexity index is 249. The van der Waals surface area contributed by atoms with E-state index in [0.717, 1.165) is 0 Å². The van der Waals surface area contributed by atoms with E-state index in [1.807, 2.05) is 0 Å². The normalized spacial score (nSPS) is 10.0. The molecule has 0 aliphatic carbocycles. The van der Waals surface area contributed by atoms with Crippen LogP contribution >= 0.6 is 0 Å². The van der Waals surface area contributed by atoms with Gasteiger partial charge in [0.25, 0.3) is 0 Å². The van der Waals surface area contributed by atoms with E-state index < -0.39 is 0 Å². The van der Waals surface area contributed by atoms with E-state index in [2.05, 4.69) is 31.5 Å². The monoisotopic (exact) mass is 134 g/mol. The molecule has 2 aromatic rings. The maximum atomic E-state index is 3.95. The summed E-state index contributed by atoms with van der Waals surface area (Å²) in [5.74, 6) is 1.28. The number of aromatic amines is 2. The Morgan fingerprint density at radius 1 is 1.40 bits per heavy atom. The summed E-state index contributed by atoms with van der Waals surface area (Å²) in [4.78, 5) is 10.6. The Morgan fingerprint density at radius 3 is 3.00 bits per heavy atom. The zero-order valence-electron chi connectivity index (χ0n) is 5.00. The molecule has 2 N–H and O–H groups in total. The van der Waals surface area contributed by atoms with E-state index >= 15 is 0 Å². The van der Waals surface area contributed by atoms with Crippen LogP contribution in [0.5, 0.6) is 0 Å². The van der Waals surface area contributed by atoms with Crippen LogP contribution in [0.25, 0.3) is 11.6 Å². The highest BCUT2D eigenvalue weighted by Gasteiger charge is 1.99. The van der Waals surface area contributed by atoms with Gasteiger partial charge in [-0.05, 0) is 0 Å². The topological polar surface area (TPSA) is 70.2 Å². The number of hydrogen-bond acceptors (Lipinski definition) is 3. The molecule has 0 aliphatic heterocycles.